The van der Waals surface area contributed by atoms with Gasteiger partial charge in [0.25, 0.3) is 0 Å². The van der Waals surface area contributed by atoms with Gasteiger partial charge in [-0.1, -0.05) is 109 Å². The van der Waals surface area contributed by atoms with Gasteiger partial charge in [-0.2, -0.15) is 0 Å². The van der Waals surface area contributed by atoms with E-state index < -0.39 is 0 Å². The molecule has 0 N–H and O–H groups in total. The summed E-state index contributed by atoms with van der Waals surface area (Å²) in [5, 5.41) is 7.63. The molecule has 0 bridgehead atoms. The number of rotatable bonds is 5. The van der Waals surface area contributed by atoms with Gasteiger partial charge in [0.1, 0.15) is 5.82 Å². The van der Waals surface area contributed by atoms with E-state index in [2.05, 4.69) is 96.0 Å². The number of pyridine rings is 1. The molecule has 0 amide bonds. The van der Waals surface area contributed by atoms with E-state index in [0.29, 0.717) is 5.82 Å². The van der Waals surface area contributed by atoms with Crippen molar-refractivity contribution in [2.75, 3.05) is 0 Å². The van der Waals surface area contributed by atoms with Gasteiger partial charge in [-0.25, -0.2) is 14.4 Å². The van der Waals surface area contributed by atoms with Gasteiger partial charge in [-0.3, -0.25) is 4.98 Å². The second kappa shape index (κ2) is 11.0. The highest BCUT2D eigenvalue weighted by Crippen LogP contribution is 2.40. The molecule has 2 aromatic heterocycles. The highest BCUT2D eigenvalue weighted by atomic mass is 19.1. The van der Waals surface area contributed by atoms with Crippen molar-refractivity contribution in [1.29, 1.82) is 0 Å². The molecule has 0 aliphatic carbocycles. The van der Waals surface area contributed by atoms with Crippen LogP contribution < -0.4 is 0 Å². The summed E-state index contributed by atoms with van der Waals surface area (Å²) < 4.78 is 13.9. The van der Waals surface area contributed by atoms with E-state index >= 15 is 0 Å². The molecule has 9 rings (SSSR count). The SMILES string of the molecule is Fc1ccc(-c2nc(-c3ccc(-c4ccc5ccc6cccc7ccc4c5c67)cc3)cc(-c3ccccc3-c3cccnc3)n2)cc1. The van der Waals surface area contributed by atoms with Gasteiger partial charge in [-0.15, -0.1) is 0 Å². The Morgan fingerprint density at radius 2 is 1.09 bits per heavy atom. The molecule has 4 heteroatoms. The van der Waals surface area contributed by atoms with Crippen molar-refractivity contribution in [3.63, 3.8) is 0 Å². The fourth-order valence-corrected chi connectivity index (χ4v) is 6.75. The predicted molar refractivity (Wildman–Crippen MR) is 191 cm³/mol. The van der Waals surface area contributed by atoms with Crippen LogP contribution in [0.3, 0.4) is 0 Å². The van der Waals surface area contributed by atoms with Crippen LogP contribution in [0.2, 0.25) is 0 Å². The highest BCUT2D eigenvalue weighted by Gasteiger charge is 2.16. The Hall–Kier alpha value is -6.26. The second-order valence-corrected chi connectivity index (χ2v) is 11.8. The van der Waals surface area contributed by atoms with Crippen LogP contribution >= 0.6 is 0 Å². The molecule has 220 valence electrons. The van der Waals surface area contributed by atoms with E-state index in [1.54, 1.807) is 18.3 Å². The van der Waals surface area contributed by atoms with E-state index in [1.807, 2.05) is 36.5 Å². The lowest BCUT2D eigenvalue weighted by molar-refractivity contribution is 0.628. The highest BCUT2D eigenvalue weighted by molar-refractivity contribution is 6.25. The quantitative estimate of drug-likeness (QED) is 0.184. The first kappa shape index (κ1) is 27.1. The van der Waals surface area contributed by atoms with Gasteiger partial charge in [0, 0.05) is 34.6 Å². The number of benzene rings is 7. The Kier molecular flexibility index (Phi) is 6.32. The van der Waals surface area contributed by atoms with E-state index in [0.717, 1.165) is 44.8 Å². The Morgan fingerprint density at radius 3 is 1.85 bits per heavy atom. The summed E-state index contributed by atoms with van der Waals surface area (Å²) in [6.07, 6.45) is 3.63. The zero-order valence-corrected chi connectivity index (χ0v) is 25.2. The van der Waals surface area contributed by atoms with Gasteiger partial charge < -0.3 is 0 Å². The summed E-state index contributed by atoms with van der Waals surface area (Å²) in [7, 11) is 0. The maximum Gasteiger partial charge on any atom is 0.160 e. The maximum atomic E-state index is 13.9. The third kappa shape index (κ3) is 4.70. The van der Waals surface area contributed by atoms with Crippen LogP contribution in [0.15, 0.2) is 158 Å². The molecular formula is C43H26FN3. The van der Waals surface area contributed by atoms with Crippen molar-refractivity contribution in [2.45, 2.75) is 0 Å². The molecule has 2 heterocycles. The number of halogens is 1. The lowest BCUT2D eigenvalue weighted by atomic mass is 9.89. The molecule has 0 radical (unpaired) electrons. The fraction of sp³-hybridized carbons (Fsp3) is 0. The topological polar surface area (TPSA) is 38.7 Å². The Balaban J connectivity index is 1.18. The van der Waals surface area contributed by atoms with Crippen molar-refractivity contribution in [3.8, 4) is 56.2 Å². The summed E-state index contributed by atoms with van der Waals surface area (Å²) in [6.45, 7) is 0. The van der Waals surface area contributed by atoms with Gasteiger partial charge in [0.2, 0.25) is 0 Å². The first-order chi connectivity index (χ1) is 23.2. The molecule has 0 saturated heterocycles. The third-order valence-corrected chi connectivity index (χ3v) is 9.02. The minimum atomic E-state index is -0.297. The molecule has 9 aromatic rings. The summed E-state index contributed by atoms with van der Waals surface area (Å²) in [5.74, 6) is 0.240. The van der Waals surface area contributed by atoms with Gasteiger partial charge in [-0.05, 0) is 85.4 Å². The first-order valence-corrected chi connectivity index (χ1v) is 15.6. The van der Waals surface area contributed by atoms with E-state index in [-0.39, 0.29) is 5.82 Å². The summed E-state index contributed by atoms with van der Waals surface area (Å²) in [4.78, 5) is 14.3. The largest absolute Gasteiger partial charge is 0.264 e. The maximum absolute atomic E-state index is 13.9. The summed E-state index contributed by atoms with van der Waals surface area (Å²) >= 11 is 0. The monoisotopic (exact) mass is 603 g/mol. The van der Waals surface area contributed by atoms with E-state index in [4.69, 9.17) is 9.97 Å². The molecule has 0 atom stereocenters. The zero-order valence-electron chi connectivity index (χ0n) is 25.2. The molecule has 0 fully saturated rings. The lowest BCUT2D eigenvalue weighted by Gasteiger charge is -2.15. The number of hydrogen-bond acceptors (Lipinski definition) is 3. The Morgan fingerprint density at radius 1 is 0.426 bits per heavy atom. The van der Waals surface area contributed by atoms with Crippen LogP contribution in [-0.4, -0.2) is 15.0 Å². The first-order valence-electron chi connectivity index (χ1n) is 15.6. The molecule has 0 saturated carbocycles. The average Bonchev–Trinajstić information content (AvgIpc) is 3.14. The lowest BCUT2D eigenvalue weighted by Crippen LogP contribution is -1.97. The van der Waals surface area contributed by atoms with Gasteiger partial charge in [0.15, 0.2) is 5.82 Å². The van der Waals surface area contributed by atoms with Gasteiger partial charge in [0.05, 0.1) is 11.4 Å². The average molecular weight is 604 g/mol. The second-order valence-electron chi connectivity index (χ2n) is 11.8. The van der Waals surface area contributed by atoms with E-state index in [1.165, 1.54) is 50.0 Å². The van der Waals surface area contributed by atoms with Crippen molar-refractivity contribution < 1.29 is 4.39 Å². The van der Waals surface area contributed by atoms with Gasteiger partial charge >= 0.3 is 0 Å². The predicted octanol–water partition coefficient (Wildman–Crippen LogP) is 11.2. The molecule has 7 aromatic carbocycles. The number of nitrogens with zero attached hydrogens (tertiary/aromatic N) is 3. The van der Waals surface area contributed by atoms with Crippen LogP contribution in [0, 0.1) is 5.82 Å². The molecule has 0 unspecified atom stereocenters. The minimum Gasteiger partial charge on any atom is -0.264 e. The van der Waals surface area contributed by atoms with Crippen molar-refractivity contribution in [3.05, 3.63) is 164 Å². The van der Waals surface area contributed by atoms with Crippen LogP contribution in [0.25, 0.3) is 88.5 Å². The van der Waals surface area contributed by atoms with Crippen molar-refractivity contribution in [1.82, 2.24) is 15.0 Å². The molecule has 0 aliphatic heterocycles. The normalized spacial score (nSPS) is 11.5. The zero-order chi connectivity index (χ0) is 31.3. The van der Waals surface area contributed by atoms with Crippen LogP contribution in [0.4, 0.5) is 4.39 Å². The van der Waals surface area contributed by atoms with Crippen molar-refractivity contribution in [2.24, 2.45) is 0 Å². The summed E-state index contributed by atoms with van der Waals surface area (Å²) in [6, 6.07) is 49.0. The van der Waals surface area contributed by atoms with Crippen LogP contribution in [0.1, 0.15) is 0 Å². The van der Waals surface area contributed by atoms with E-state index in [9.17, 15) is 4.39 Å². The number of aromatic nitrogens is 3. The third-order valence-electron chi connectivity index (χ3n) is 9.02. The summed E-state index contributed by atoms with van der Waals surface area (Å²) in [5.41, 5.74) is 8.63. The van der Waals surface area contributed by atoms with Crippen molar-refractivity contribution >= 4 is 32.3 Å². The molecule has 3 nitrogen and oxygen atoms in total. The van der Waals surface area contributed by atoms with Crippen LogP contribution in [0.5, 0.6) is 0 Å². The Labute approximate surface area is 271 Å². The molecular weight excluding hydrogens is 577 g/mol. The fourth-order valence-electron chi connectivity index (χ4n) is 6.75. The standard InChI is InChI=1S/C43H26FN3/c44-34-20-16-32(17-21-34)43-46-39(25-40(47-43)37-9-2-1-8-35(37)33-7-4-24-45-26-33)28-12-10-27(11-13-28)36-22-18-31-15-14-29-5-3-6-30-19-23-38(36)42(31)41(29)30/h1-26H. The minimum absolute atomic E-state index is 0.297. The number of hydrogen-bond donors (Lipinski definition) is 0. The molecule has 0 aliphatic rings. The molecule has 47 heavy (non-hydrogen) atoms. The molecule has 0 spiro atoms. The van der Waals surface area contributed by atoms with Crippen LogP contribution in [-0.2, 0) is 0 Å². The Bertz CT molecular complexity index is 2540. The smallest absolute Gasteiger partial charge is 0.160 e.